The lowest BCUT2D eigenvalue weighted by Crippen LogP contribution is -2.16. The molecule has 0 bridgehead atoms. The highest BCUT2D eigenvalue weighted by atomic mass is 19.4. The number of nitrogens with two attached hydrogens (primary N) is 1. The number of nitrogen functional groups attached to an aromatic ring is 1. The van der Waals surface area contributed by atoms with Gasteiger partial charge in [-0.05, 0) is 18.2 Å². The van der Waals surface area contributed by atoms with Crippen LogP contribution >= 0.6 is 0 Å². The van der Waals surface area contributed by atoms with Gasteiger partial charge in [0.1, 0.15) is 5.69 Å². The van der Waals surface area contributed by atoms with Crippen molar-refractivity contribution in [2.45, 2.75) is 6.18 Å². The first kappa shape index (κ1) is 14.7. The maximum absolute atomic E-state index is 13.6. The van der Waals surface area contributed by atoms with Crippen molar-refractivity contribution < 1.29 is 22.4 Å². The minimum atomic E-state index is -4.58. The van der Waals surface area contributed by atoms with Crippen LogP contribution in [0.2, 0.25) is 0 Å². The normalized spacial score (nSPS) is 11.2. The number of hydrogen-bond donors (Lipinski definition) is 2. The summed E-state index contributed by atoms with van der Waals surface area (Å²) in [6, 6.07) is 2.81. The summed E-state index contributed by atoms with van der Waals surface area (Å²) in [4.78, 5) is 18.4. The fraction of sp³-hybridized carbons (Fsp3) is 0.0833. The fourth-order valence-electron chi connectivity index (χ4n) is 1.47. The summed E-state index contributed by atoms with van der Waals surface area (Å²) in [7, 11) is 0. The summed E-state index contributed by atoms with van der Waals surface area (Å²) < 4.78 is 50.5. The summed E-state index contributed by atoms with van der Waals surface area (Å²) in [5, 5.41) is 2.21. The monoisotopic (exact) mass is 300 g/mol. The van der Waals surface area contributed by atoms with Gasteiger partial charge in [-0.3, -0.25) is 4.79 Å². The van der Waals surface area contributed by atoms with Crippen LogP contribution in [0.15, 0.2) is 30.6 Å². The molecule has 1 amide bonds. The van der Waals surface area contributed by atoms with Gasteiger partial charge < -0.3 is 11.1 Å². The molecule has 0 aliphatic heterocycles. The van der Waals surface area contributed by atoms with Crippen molar-refractivity contribution in [2.24, 2.45) is 0 Å². The van der Waals surface area contributed by atoms with E-state index in [1.807, 2.05) is 0 Å². The molecule has 0 saturated carbocycles. The molecule has 0 radical (unpaired) electrons. The molecule has 9 heteroatoms. The van der Waals surface area contributed by atoms with E-state index >= 15 is 0 Å². The van der Waals surface area contributed by atoms with E-state index < -0.39 is 29.4 Å². The van der Waals surface area contributed by atoms with Gasteiger partial charge in [-0.2, -0.15) is 13.2 Å². The Bertz CT molecular complexity index is 670. The largest absolute Gasteiger partial charge is 0.433 e. The Kier molecular flexibility index (Phi) is 3.74. The molecule has 3 N–H and O–H groups in total. The Balaban J connectivity index is 2.18. The zero-order valence-electron chi connectivity index (χ0n) is 10.3. The zero-order chi connectivity index (χ0) is 15.6. The molecule has 2 rings (SSSR count). The Labute approximate surface area is 115 Å². The standard InChI is InChI=1S/C12H8F4N4O/c13-9-7(3-4-18-10(9)17)11(21)20-6-1-2-8(19-5-6)12(14,15)16/h1-5H,(H2,17,18)(H,20,21). The van der Waals surface area contributed by atoms with Crippen LogP contribution in [0.25, 0.3) is 0 Å². The van der Waals surface area contributed by atoms with Crippen LogP contribution in [0.4, 0.5) is 29.1 Å². The Hall–Kier alpha value is -2.71. The zero-order valence-corrected chi connectivity index (χ0v) is 10.3. The number of nitrogens with zero attached hydrogens (tertiary/aromatic N) is 2. The van der Waals surface area contributed by atoms with E-state index in [-0.39, 0.29) is 11.3 Å². The summed E-state index contributed by atoms with van der Waals surface area (Å²) >= 11 is 0. The third-order valence-corrected chi connectivity index (χ3v) is 2.47. The van der Waals surface area contributed by atoms with Crippen LogP contribution in [-0.4, -0.2) is 15.9 Å². The molecule has 0 aliphatic rings. The van der Waals surface area contributed by atoms with E-state index in [0.29, 0.717) is 6.07 Å². The number of pyridine rings is 2. The molecule has 0 spiro atoms. The second kappa shape index (κ2) is 5.35. The average Bonchev–Trinajstić information content (AvgIpc) is 2.41. The van der Waals surface area contributed by atoms with Crippen LogP contribution in [0, 0.1) is 5.82 Å². The third-order valence-electron chi connectivity index (χ3n) is 2.47. The highest BCUT2D eigenvalue weighted by Gasteiger charge is 2.32. The van der Waals surface area contributed by atoms with E-state index in [9.17, 15) is 22.4 Å². The molecule has 5 nitrogen and oxygen atoms in total. The fourth-order valence-corrected chi connectivity index (χ4v) is 1.47. The van der Waals surface area contributed by atoms with Gasteiger partial charge in [-0.1, -0.05) is 0 Å². The van der Waals surface area contributed by atoms with E-state index in [4.69, 9.17) is 5.73 Å². The molecule has 0 saturated heterocycles. The van der Waals surface area contributed by atoms with Crippen molar-refractivity contribution in [3.05, 3.63) is 47.7 Å². The predicted octanol–water partition coefficient (Wildman–Crippen LogP) is 2.47. The SMILES string of the molecule is Nc1nccc(C(=O)Nc2ccc(C(F)(F)F)nc2)c1F. The number of carbonyl (C=O) groups excluding carboxylic acids is 1. The van der Waals surface area contributed by atoms with Gasteiger partial charge in [0.05, 0.1) is 17.4 Å². The summed E-state index contributed by atoms with van der Waals surface area (Å²) in [5.74, 6) is -2.33. The maximum Gasteiger partial charge on any atom is 0.433 e. The highest BCUT2D eigenvalue weighted by molar-refractivity contribution is 6.04. The van der Waals surface area contributed by atoms with Crippen LogP contribution in [0.1, 0.15) is 16.1 Å². The van der Waals surface area contributed by atoms with E-state index in [0.717, 1.165) is 24.5 Å². The summed E-state index contributed by atoms with van der Waals surface area (Å²) in [6.07, 6.45) is -2.62. The van der Waals surface area contributed by atoms with Crippen molar-refractivity contribution in [3.63, 3.8) is 0 Å². The summed E-state index contributed by atoms with van der Waals surface area (Å²) in [6.45, 7) is 0. The Morgan fingerprint density at radius 1 is 1.19 bits per heavy atom. The molecule has 0 aromatic carbocycles. The molecule has 0 aliphatic carbocycles. The van der Waals surface area contributed by atoms with Crippen LogP contribution < -0.4 is 11.1 Å². The molecule has 110 valence electrons. The third kappa shape index (κ3) is 3.25. The molecule has 0 fully saturated rings. The molecule has 2 heterocycles. The molecular formula is C12H8F4N4O. The molecule has 2 aromatic rings. The van der Waals surface area contributed by atoms with Crippen molar-refractivity contribution >= 4 is 17.4 Å². The van der Waals surface area contributed by atoms with E-state index in [1.165, 1.54) is 0 Å². The molecule has 0 unspecified atom stereocenters. The number of amides is 1. The number of rotatable bonds is 2. The Morgan fingerprint density at radius 2 is 1.90 bits per heavy atom. The smallest absolute Gasteiger partial charge is 0.381 e. The topological polar surface area (TPSA) is 80.9 Å². The minimum Gasteiger partial charge on any atom is -0.381 e. The van der Waals surface area contributed by atoms with Crippen molar-refractivity contribution in [1.29, 1.82) is 0 Å². The lowest BCUT2D eigenvalue weighted by atomic mass is 10.2. The van der Waals surface area contributed by atoms with Crippen molar-refractivity contribution in [2.75, 3.05) is 11.1 Å². The average molecular weight is 300 g/mol. The number of carbonyl (C=O) groups is 1. The van der Waals surface area contributed by atoms with Gasteiger partial charge in [0.15, 0.2) is 11.6 Å². The van der Waals surface area contributed by atoms with Crippen molar-refractivity contribution in [1.82, 2.24) is 9.97 Å². The molecule has 0 atom stereocenters. The van der Waals surface area contributed by atoms with E-state index in [1.54, 1.807) is 0 Å². The second-order valence-corrected chi connectivity index (χ2v) is 3.94. The predicted molar refractivity (Wildman–Crippen MR) is 65.8 cm³/mol. The quantitative estimate of drug-likeness (QED) is 0.835. The first-order valence-corrected chi connectivity index (χ1v) is 5.53. The minimum absolute atomic E-state index is 0.0113. The summed E-state index contributed by atoms with van der Waals surface area (Å²) in [5.41, 5.74) is 3.73. The number of alkyl halides is 3. The number of halogens is 4. The van der Waals surface area contributed by atoms with Crippen LogP contribution in [-0.2, 0) is 6.18 Å². The molecular weight excluding hydrogens is 292 g/mol. The van der Waals surface area contributed by atoms with Crippen LogP contribution in [0.3, 0.4) is 0 Å². The van der Waals surface area contributed by atoms with Gasteiger partial charge in [-0.25, -0.2) is 14.4 Å². The number of hydrogen-bond acceptors (Lipinski definition) is 4. The van der Waals surface area contributed by atoms with Gasteiger partial charge >= 0.3 is 6.18 Å². The second-order valence-electron chi connectivity index (χ2n) is 3.94. The molecule has 21 heavy (non-hydrogen) atoms. The number of nitrogens with one attached hydrogen (secondary N) is 1. The number of anilines is 2. The first-order chi connectivity index (χ1) is 9.79. The maximum atomic E-state index is 13.6. The van der Waals surface area contributed by atoms with Gasteiger partial charge in [0.25, 0.3) is 5.91 Å². The van der Waals surface area contributed by atoms with E-state index in [2.05, 4.69) is 15.3 Å². The molecule has 2 aromatic heterocycles. The lowest BCUT2D eigenvalue weighted by molar-refractivity contribution is -0.141. The highest BCUT2D eigenvalue weighted by Crippen LogP contribution is 2.27. The lowest BCUT2D eigenvalue weighted by Gasteiger charge is -2.08. The van der Waals surface area contributed by atoms with Gasteiger partial charge in [0.2, 0.25) is 0 Å². The number of aromatic nitrogens is 2. The Morgan fingerprint density at radius 3 is 2.48 bits per heavy atom. The van der Waals surface area contributed by atoms with Crippen LogP contribution in [0.5, 0.6) is 0 Å². The van der Waals surface area contributed by atoms with Gasteiger partial charge in [-0.15, -0.1) is 0 Å². The first-order valence-electron chi connectivity index (χ1n) is 5.53. The van der Waals surface area contributed by atoms with Gasteiger partial charge in [0, 0.05) is 6.20 Å². The van der Waals surface area contributed by atoms with Crippen molar-refractivity contribution in [3.8, 4) is 0 Å².